The maximum Gasteiger partial charge on any atom is 0.312 e. The molecule has 1 saturated heterocycles. The molecule has 2 aromatic carbocycles. The second-order valence-electron chi connectivity index (χ2n) is 10.4. The normalized spacial score (nSPS) is 16.8. The number of fused-ring (bicyclic) bond motifs is 1. The summed E-state index contributed by atoms with van der Waals surface area (Å²) in [7, 11) is -4.44. The predicted molar refractivity (Wildman–Crippen MR) is 148 cm³/mol. The Balaban J connectivity index is 1.49. The summed E-state index contributed by atoms with van der Waals surface area (Å²) < 4.78 is 45.0. The average Bonchev–Trinajstić information content (AvgIpc) is 3.39. The van der Waals surface area contributed by atoms with Crippen LogP contribution in [0.5, 0.6) is 17.2 Å². The number of hydrogen-bond acceptors (Lipinski definition) is 9. The van der Waals surface area contributed by atoms with Gasteiger partial charge in [0.25, 0.3) is 5.91 Å². The average molecular weight is 581 g/mol. The van der Waals surface area contributed by atoms with Gasteiger partial charge in [-0.05, 0) is 69.0 Å². The smallest absolute Gasteiger partial charge is 0.312 e. The molecule has 41 heavy (non-hydrogen) atoms. The van der Waals surface area contributed by atoms with Gasteiger partial charge in [0, 0.05) is 24.3 Å². The first kappa shape index (κ1) is 28.1. The number of pyridine rings is 1. The largest absolute Gasteiger partial charge is 0.487 e. The predicted octanol–water partition coefficient (Wildman–Crippen LogP) is 4.78. The Labute approximate surface area is 235 Å². The molecule has 3 heterocycles. The van der Waals surface area contributed by atoms with Crippen LogP contribution in [0.15, 0.2) is 70.7 Å². The number of nitro groups is 1. The lowest BCUT2D eigenvalue weighted by Gasteiger charge is -2.35. The number of sulfone groups is 1. The molecule has 214 valence electrons. The highest BCUT2D eigenvalue weighted by atomic mass is 32.2. The van der Waals surface area contributed by atoms with Crippen molar-refractivity contribution in [3.8, 4) is 17.2 Å². The van der Waals surface area contributed by atoms with Gasteiger partial charge in [0.15, 0.2) is 11.5 Å². The number of nitrogens with one attached hydrogen (secondary N) is 1. The number of nitrogens with two attached hydrogens (primary N) is 1. The van der Waals surface area contributed by atoms with E-state index in [0.29, 0.717) is 17.6 Å². The Morgan fingerprint density at radius 3 is 2.78 bits per heavy atom. The molecule has 5 rings (SSSR count). The Morgan fingerprint density at radius 2 is 2.05 bits per heavy atom. The molecule has 0 spiro atoms. The third-order valence-corrected chi connectivity index (χ3v) is 8.61. The molecule has 0 saturated carbocycles. The number of hydrogen-bond donors (Lipinski definition) is 2. The van der Waals surface area contributed by atoms with E-state index in [-0.39, 0.29) is 45.8 Å². The summed E-state index contributed by atoms with van der Waals surface area (Å²) in [4.78, 5) is 29.9. The molecule has 1 amide bonds. The van der Waals surface area contributed by atoms with Crippen molar-refractivity contribution in [2.45, 2.75) is 42.1 Å². The van der Waals surface area contributed by atoms with Gasteiger partial charge in [-0.1, -0.05) is 6.07 Å². The quantitative estimate of drug-likeness (QED) is 0.208. The number of carbonyl (C=O) groups is 1. The SMILES string of the molecule is CC1(C)CC(COc2ccc(S(=O)(=O)c3cccc(C(N)=O)c3Oc3cnc4[nH]ccc4c3)cc2[N+](=O)[O-])CCO1. The number of rotatable bonds is 9. The van der Waals surface area contributed by atoms with E-state index in [0.717, 1.165) is 18.9 Å². The first-order valence-corrected chi connectivity index (χ1v) is 14.3. The first-order chi connectivity index (χ1) is 19.4. The van der Waals surface area contributed by atoms with E-state index < -0.39 is 31.3 Å². The third-order valence-electron chi connectivity index (χ3n) is 6.84. The number of aromatic amines is 1. The van der Waals surface area contributed by atoms with Crippen LogP contribution in [0.3, 0.4) is 0 Å². The molecule has 1 atom stereocenters. The minimum absolute atomic E-state index is 0.0495. The highest BCUT2D eigenvalue weighted by Crippen LogP contribution is 2.39. The van der Waals surface area contributed by atoms with Crippen LogP contribution in [0.2, 0.25) is 0 Å². The molecule has 0 aliphatic carbocycles. The topological polar surface area (TPSA) is 177 Å². The fraction of sp³-hybridized carbons (Fsp3) is 0.286. The van der Waals surface area contributed by atoms with Crippen LogP contribution in [0.25, 0.3) is 11.0 Å². The van der Waals surface area contributed by atoms with Crippen LogP contribution in [0.1, 0.15) is 37.0 Å². The van der Waals surface area contributed by atoms with Gasteiger partial charge in [0.1, 0.15) is 16.3 Å². The Kier molecular flexibility index (Phi) is 7.41. The molecule has 0 bridgehead atoms. The van der Waals surface area contributed by atoms with E-state index >= 15 is 0 Å². The van der Waals surface area contributed by atoms with Crippen LogP contribution >= 0.6 is 0 Å². The van der Waals surface area contributed by atoms with E-state index in [1.54, 1.807) is 18.3 Å². The van der Waals surface area contributed by atoms with Crippen molar-refractivity contribution in [3.05, 3.63) is 76.6 Å². The van der Waals surface area contributed by atoms with E-state index in [4.69, 9.17) is 19.9 Å². The number of ether oxygens (including phenoxy) is 3. The number of H-pyrrole nitrogens is 1. The maximum atomic E-state index is 13.8. The van der Waals surface area contributed by atoms with Gasteiger partial charge >= 0.3 is 5.69 Å². The van der Waals surface area contributed by atoms with Crippen molar-refractivity contribution in [1.82, 2.24) is 9.97 Å². The Bertz CT molecular complexity index is 1750. The van der Waals surface area contributed by atoms with Crippen molar-refractivity contribution >= 4 is 32.5 Å². The monoisotopic (exact) mass is 580 g/mol. The van der Waals surface area contributed by atoms with Crippen LogP contribution < -0.4 is 15.2 Å². The van der Waals surface area contributed by atoms with E-state index in [2.05, 4.69) is 9.97 Å². The van der Waals surface area contributed by atoms with Crippen LogP contribution in [0.4, 0.5) is 5.69 Å². The molecule has 1 aliphatic rings. The lowest BCUT2D eigenvalue weighted by atomic mass is 9.89. The molecule has 1 unspecified atom stereocenters. The standard InChI is InChI=1S/C28H28N4O8S/c1-28(2)14-17(9-11-39-28)16-38-23-7-6-20(13-22(23)32(34)35)41(36,37)24-5-3-4-21(26(29)33)25(24)40-19-12-18-8-10-30-27(18)31-15-19/h3-8,10,12-13,15,17H,9,11,14,16H2,1-2H3,(H2,29,33)(H,30,31). The van der Waals surface area contributed by atoms with E-state index in [9.17, 15) is 23.3 Å². The summed E-state index contributed by atoms with van der Waals surface area (Å²) >= 11 is 0. The number of nitro benzene ring substituents is 1. The summed E-state index contributed by atoms with van der Waals surface area (Å²) in [6, 6.07) is 10.7. The number of nitrogens with zero attached hydrogens (tertiary/aromatic N) is 2. The zero-order valence-electron chi connectivity index (χ0n) is 22.3. The highest BCUT2D eigenvalue weighted by molar-refractivity contribution is 7.91. The van der Waals surface area contributed by atoms with Gasteiger partial charge in [0.05, 0.1) is 33.8 Å². The summed E-state index contributed by atoms with van der Waals surface area (Å²) in [5.41, 5.74) is 5.11. The van der Waals surface area contributed by atoms with Crippen molar-refractivity contribution in [3.63, 3.8) is 0 Å². The lowest BCUT2D eigenvalue weighted by molar-refractivity contribution is -0.386. The van der Waals surface area contributed by atoms with Crippen LogP contribution in [0, 0.1) is 16.0 Å². The van der Waals surface area contributed by atoms with Gasteiger partial charge < -0.3 is 24.9 Å². The zero-order valence-corrected chi connectivity index (χ0v) is 23.1. The summed E-state index contributed by atoms with van der Waals surface area (Å²) in [6.07, 6.45) is 4.51. The summed E-state index contributed by atoms with van der Waals surface area (Å²) in [6.45, 7) is 4.73. The first-order valence-electron chi connectivity index (χ1n) is 12.8. The van der Waals surface area contributed by atoms with Crippen molar-refractivity contribution in [2.75, 3.05) is 13.2 Å². The van der Waals surface area contributed by atoms with Gasteiger partial charge in [-0.3, -0.25) is 14.9 Å². The summed E-state index contributed by atoms with van der Waals surface area (Å²) in [5.74, 6) is -1.00. The molecular weight excluding hydrogens is 552 g/mol. The molecule has 0 radical (unpaired) electrons. The van der Waals surface area contributed by atoms with E-state index in [1.807, 2.05) is 13.8 Å². The third kappa shape index (κ3) is 5.86. The van der Waals surface area contributed by atoms with Gasteiger partial charge in [-0.25, -0.2) is 13.4 Å². The molecule has 4 aromatic rings. The second kappa shape index (κ2) is 10.8. The molecule has 3 N–H and O–H groups in total. The molecule has 12 nitrogen and oxygen atoms in total. The van der Waals surface area contributed by atoms with Crippen molar-refractivity contribution < 1.29 is 32.3 Å². The van der Waals surface area contributed by atoms with E-state index in [1.165, 1.54) is 36.5 Å². The fourth-order valence-electron chi connectivity index (χ4n) is 4.88. The lowest BCUT2D eigenvalue weighted by Crippen LogP contribution is -2.36. The number of carbonyl (C=O) groups excluding carboxylic acids is 1. The second-order valence-corrected chi connectivity index (χ2v) is 12.3. The maximum absolute atomic E-state index is 13.8. The summed E-state index contributed by atoms with van der Waals surface area (Å²) in [5, 5.41) is 12.6. The fourth-order valence-corrected chi connectivity index (χ4v) is 6.31. The van der Waals surface area contributed by atoms with Gasteiger partial charge in [-0.15, -0.1) is 0 Å². The number of primary amides is 1. The number of para-hydroxylation sites is 1. The highest BCUT2D eigenvalue weighted by Gasteiger charge is 2.32. The minimum atomic E-state index is -4.44. The Morgan fingerprint density at radius 1 is 1.24 bits per heavy atom. The molecule has 2 aromatic heterocycles. The number of aromatic nitrogens is 2. The molecule has 1 aliphatic heterocycles. The van der Waals surface area contributed by atoms with Crippen molar-refractivity contribution in [2.24, 2.45) is 11.7 Å². The van der Waals surface area contributed by atoms with Crippen LogP contribution in [-0.4, -0.2) is 48.0 Å². The Hall–Kier alpha value is -4.49. The van der Waals surface area contributed by atoms with Gasteiger partial charge in [-0.2, -0.15) is 0 Å². The van der Waals surface area contributed by atoms with Gasteiger partial charge in [0.2, 0.25) is 9.84 Å². The molecule has 1 fully saturated rings. The van der Waals surface area contributed by atoms with Crippen LogP contribution in [-0.2, 0) is 14.6 Å². The minimum Gasteiger partial charge on any atom is -0.487 e. The molecule has 13 heteroatoms. The zero-order chi connectivity index (χ0) is 29.4. The number of amides is 1. The number of benzene rings is 2. The van der Waals surface area contributed by atoms with Crippen molar-refractivity contribution in [1.29, 1.82) is 0 Å². The molecular formula is C28H28N4O8S.